The fourth-order valence-electron chi connectivity index (χ4n) is 2.02. The lowest BCUT2D eigenvalue weighted by Gasteiger charge is -2.05. The smallest absolute Gasteiger partial charge is 0.318 e. The number of benzene rings is 2. The number of hydrogen-bond acceptors (Lipinski definition) is 1. The van der Waals surface area contributed by atoms with Gasteiger partial charge in [-0.05, 0) is 30.5 Å². The van der Waals surface area contributed by atoms with E-state index < -0.39 is 0 Å². The highest BCUT2D eigenvalue weighted by molar-refractivity contribution is 5.75. The molecule has 3 nitrogen and oxygen atoms in total. The normalized spacial score (nSPS) is 10.5. The highest BCUT2D eigenvalue weighted by Gasteiger charge is 1.97. The third-order valence-electron chi connectivity index (χ3n) is 3.07. The Hall–Kier alpha value is -2.55. The van der Waals surface area contributed by atoms with Gasteiger partial charge in [-0.2, -0.15) is 0 Å². The number of rotatable bonds is 5. The van der Waals surface area contributed by atoms with Crippen molar-refractivity contribution in [3.63, 3.8) is 0 Å². The van der Waals surface area contributed by atoms with Crippen molar-refractivity contribution in [2.45, 2.75) is 13.3 Å². The van der Waals surface area contributed by atoms with Crippen LogP contribution in [0.1, 0.15) is 16.7 Å². The van der Waals surface area contributed by atoms with E-state index in [2.05, 4.69) is 35.8 Å². The molecule has 0 aliphatic rings. The molecule has 2 rings (SSSR count). The van der Waals surface area contributed by atoms with Gasteiger partial charge in [-0.15, -0.1) is 0 Å². The summed E-state index contributed by atoms with van der Waals surface area (Å²) in [5.74, 6) is 0. The van der Waals surface area contributed by atoms with Crippen molar-refractivity contribution >= 4 is 12.1 Å². The molecule has 2 aromatic rings. The minimum absolute atomic E-state index is 0.185. The van der Waals surface area contributed by atoms with Gasteiger partial charge in [-0.1, -0.05) is 60.2 Å². The van der Waals surface area contributed by atoms with Crippen LogP contribution in [0.15, 0.2) is 60.8 Å². The van der Waals surface area contributed by atoms with E-state index in [1.807, 2.05) is 42.5 Å². The van der Waals surface area contributed by atoms with Crippen LogP contribution >= 0.6 is 0 Å². The molecule has 0 saturated carbocycles. The summed E-state index contributed by atoms with van der Waals surface area (Å²) in [7, 11) is 0. The van der Waals surface area contributed by atoms with E-state index in [4.69, 9.17) is 0 Å². The van der Waals surface area contributed by atoms with Crippen LogP contribution in [0.5, 0.6) is 0 Å². The molecule has 3 heteroatoms. The Kier molecular flexibility index (Phi) is 5.59. The maximum Gasteiger partial charge on any atom is 0.318 e. The fourth-order valence-corrected chi connectivity index (χ4v) is 2.02. The molecule has 2 N–H and O–H groups in total. The number of carbonyl (C=O) groups excluding carboxylic acids is 1. The molecule has 0 unspecified atom stereocenters. The topological polar surface area (TPSA) is 41.1 Å². The largest absolute Gasteiger partial charge is 0.338 e. The van der Waals surface area contributed by atoms with Crippen LogP contribution in [-0.2, 0) is 6.42 Å². The lowest BCUT2D eigenvalue weighted by Crippen LogP contribution is -2.33. The van der Waals surface area contributed by atoms with Crippen LogP contribution in [0, 0.1) is 6.92 Å². The SMILES string of the molecule is Cc1cccc(CCNC(=O)N/C=C/c2ccccc2)c1. The molecular formula is C18H20N2O. The fraction of sp³-hybridized carbons (Fsp3) is 0.167. The molecular weight excluding hydrogens is 260 g/mol. The van der Waals surface area contributed by atoms with Crippen LogP contribution < -0.4 is 10.6 Å². The van der Waals surface area contributed by atoms with E-state index >= 15 is 0 Å². The lowest BCUT2D eigenvalue weighted by molar-refractivity contribution is 0.244. The van der Waals surface area contributed by atoms with E-state index in [0.717, 1.165) is 12.0 Å². The second kappa shape index (κ2) is 7.90. The first-order chi connectivity index (χ1) is 10.2. The first-order valence-electron chi connectivity index (χ1n) is 7.05. The van der Waals surface area contributed by atoms with Crippen LogP contribution in [0.25, 0.3) is 6.08 Å². The first kappa shape index (κ1) is 14.9. The van der Waals surface area contributed by atoms with Crippen molar-refractivity contribution in [1.82, 2.24) is 10.6 Å². The Bertz CT molecular complexity index is 606. The summed E-state index contributed by atoms with van der Waals surface area (Å²) in [6.45, 7) is 2.69. The zero-order valence-electron chi connectivity index (χ0n) is 12.2. The maximum atomic E-state index is 11.6. The summed E-state index contributed by atoms with van der Waals surface area (Å²) in [5.41, 5.74) is 3.52. The Morgan fingerprint density at radius 1 is 1.10 bits per heavy atom. The standard InChI is InChI=1S/C18H20N2O/c1-15-6-5-9-17(14-15)11-13-20-18(21)19-12-10-16-7-3-2-4-8-16/h2-10,12,14H,11,13H2,1H3,(H2,19,20,21)/b12-10+. The number of nitrogens with one attached hydrogen (secondary N) is 2. The molecule has 2 amide bonds. The zero-order valence-corrected chi connectivity index (χ0v) is 12.2. The van der Waals surface area contributed by atoms with E-state index in [-0.39, 0.29) is 6.03 Å². The predicted octanol–water partition coefficient (Wildman–Crippen LogP) is 3.51. The van der Waals surface area contributed by atoms with Crippen molar-refractivity contribution in [3.8, 4) is 0 Å². The molecule has 0 aliphatic carbocycles. The first-order valence-corrected chi connectivity index (χ1v) is 7.05. The summed E-state index contributed by atoms with van der Waals surface area (Å²) < 4.78 is 0. The summed E-state index contributed by atoms with van der Waals surface area (Å²) >= 11 is 0. The monoisotopic (exact) mass is 280 g/mol. The zero-order chi connectivity index (χ0) is 14.9. The van der Waals surface area contributed by atoms with Gasteiger partial charge in [-0.25, -0.2) is 4.79 Å². The number of aryl methyl sites for hydroxylation is 1. The van der Waals surface area contributed by atoms with Gasteiger partial charge in [-0.3, -0.25) is 0 Å². The minimum Gasteiger partial charge on any atom is -0.338 e. The average Bonchev–Trinajstić information content (AvgIpc) is 2.48. The van der Waals surface area contributed by atoms with Gasteiger partial charge in [0.1, 0.15) is 0 Å². The molecule has 2 aromatic carbocycles. The quantitative estimate of drug-likeness (QED) is 0.864. The molecule has 0 atom stereocenters. The Morgan fingerprint density at radius 3 is 2.67 bits per heavy atom. The van der Waals surface area contributed by atoms with Gasteiger partial charge in [0.05, 0.1) is 0 Å². The summed E-state index contributed by atoms with van der Waals surface area (Å²) in [6.07, 6.45) is 4.34. The van der Waals surface area contributed by atoms with Gasteiger partial charge in [0, 0.05) is 12.7 Å². The number of hydrogen-bond donors (Lipinski definition) is 2. The van der Waals surface area contributed by atoms with Gasteiger partial charge in [0.15, 0.2) is 0 Å². The van der Waals surface area contributed by atoms with Crippen LogP contribution in [0.3, 0.4) is 0 Å². The summed E-state index contributed by atoms with van der Waals surface area (Å²) in [6, 6.07) is 18.0. The second-order valence-corrected chi connectivity index (χ2v) is 4.88. The van der Waals surface area contributed by atoms with E-state index in [0.29, 0.717) is 6.54 Å². The summed E-state index contributed by atoms with van der Waals surface area (Å²) in [5, 5.41) is 5.53. The third kappa shape index (κ3) is 5.53. The van der Waals surface area contributed by atoms with Gasteiger partial charge in [0.2, 0.25) is 0 Å². The van der Waals surface area contributed by atoms with Crippen LogP contribution in [0.2, 0.25) is 0 Å². The molecule has 21 heavy (non-hydrogen) atoms. The number of carbonyl (C=O) groups is 1. The van der Waals surface area contributed by atoms with Crippen molar-refractivity contribution < 1.29 is 4.79 Å². The van der Waals surface area contributed by atoms with Gasteiger partial charge >= 0.3 is 6.03 Å². The van der Waals surface area contributed by atoms with Crippen molar-refractivity contribution in [3.05, 3.63) is 77.5 Å². The molecule has 0 saturated heterocycles. The minimum atomic E-state index is -0.185. The molecule has 0 aromatic heterocycles. The highest BCUT2D eigenvalue weighted by atomic mass is 16.2. The van der Waals surface area contributed by atoms with Crippen LogP contribution in [0.4, 0.5) is 4.79 Å². The molecule has 0 spiro atoms. The van der Waals surface area contributed by atoms with Gasteiger partial charge in [0.25, 0.3) is 0 Å². The number of urea groups is 1. The molecule has 0 radical (unpaired) electrons. The van der Waals surface area contributed by atoms with E-state index in [9.17, 15) is 4.79 Å². The van der Waals surface area contributed by atoms with Crippen molar-refractivity contribution in [2.75, 3.05) is 6.54 Å². The van der Waals surface area contributed by atoms with Gasteiger partial charge < -0.3 is 10.6 Å². The molecule has 0 heterocycles. The predicted molar refractivity (Wildman–Crippen MR) is 86.9 cm³/mol. The Balaban J connectivity index is 1.69. The van der Waals surface area contributed by atoms with Crippen molar-refractivity contribution in [2.24, 2.45) is 0 Å². The average molecular weight is 280 g/mol. The van der Waals surface area contributed by atoms with E-state index in [1.54, 1.807) is 6.20 Å². The second-order valence-electron chi connectivity index (χ2n) is 4.88. The molecule has 0 aliphatic heterocycles. The molecule has 0 bridgehead atoms. The van der Waals surface area contributed by atoms with Crippen LogP contribution in [-0.4, -0.2) is 12.6 Å². The molecule has 0 fully saturated rings. The molecule has 108 valence electrons. The summed E-state index contributed by atoms with van der Waals surface area (Å²) in [4.78, 5) is 11.6. The Labute approximate surface area is 125 Å². The lowest BCUT2D eigenvalue weighted by atomic mass is 10.1. The Morgan fingerprint density at radius 2 is 1.90 bits per heavy atom. The van der Waals surface area contributed by atoms with E-state index in [1.165, 1.54) is 11.1 Å². The van der Waals surface area contributed by atoms with Crippen molar-refractivity contribution in [1.29, 1.82) is 0 Å². The third-order valence-corrected chi connectivity index (χ3v) is 3.07. The highest BCUT2D eigenvalue weighted by Crippen LogP contribution is 2.03. The number of amides is 2. The maximum absolute atomic E-state index is 11.6.